The van der Waals surface area contributed by atoms with Crippen LogP contribution in [0.15, 0.2) is 42.5 Å². The van der Waals surface area contributed by atoms with Gasteiger partial charge in [0.1, 0.15) is 0 Å². The molecule has 5 nitrogen and oxygen atoms in total. The molecule has 0 fully saturated rings. The molecule has 0 aromatic heterocycles. The molecule has 0 saturated heterocycles. The molecule has 0 radical (unpaired) electrons. The Bertz CT molecular complexity index is 771. The van der Waals surface area contributed by atoms with E-state index < -0.39 is 0 Å². The van der Waals surface area contributed by atoms with Crippen molar-refractivity contribution >= 4 is 23.4 Å². The number of amides is 1. The largest absolute Gasteiger partial charge is 0.454 e. The first kappa shape index (κ1) is 15.3. The fourth-order valence-corrected chi connectivity index (χ4v) is 2.94. The van der Waals surface area contributed by atoms with Gasteiger partial charge in [0, 0.05) is 17.5 Å². The lowest BCUT2D eigenvalue weighted by Crippen LogP contribution is -2.14. The highest BCUT2D eigenvalue weighted by molar-refractivity contribution is 7.99. The van der Waals surface area contributed by atoms with E-state index in [0.29, 0.717) is 34.3 Å². The summed E-state index contributed by atoms with van der Waals surface area (Å²) in [6, 6.07) is 14.8. The van der Waals surface area contributed by atoms with Crippen LogP contribution in [0.1, 0.15) is 11.1 Å². The van der Waals surface area contributed by atoms with Gasteiger partial charge in [-0.05, 0) is 29.8 Å². The van der Waals surface area contributed by atoms with Crippen molar-refractivity contribution in [1.82, 2.24) is 0 Å². The maximum absolute atomic E-state index is 12.0. The monoisotopic (exact) mass is 326 g/mol. The van der Waals surface area contributed by atoms with Gasteiger partial charge >= 0.3 is 0 Å². The first-order valence-electron chi connectivity index (χ1n) is 7.01. The summed E-state index contributed by atoms with van der Waals surface area (Å²) in [6.07, 6.45) is 0. The average Bonchev–Trinajstić information content (AvgIpc) is 3.02. The van der Waals surface area contributed by atoms with Crippen LogP contribution in [0.2, 0.25) is 0 Å². The van der Waals surface area contributed by atoms with Gasteiger partial charge in [-0.3, -0.25) is 4.79 Å². The lowest BCUT2D eigenvalue weighted by Gasteiger charge is -2.06. The molecule has 0 unspecified atom stereocenters. The predicted octanol–water partition coefficient (Wildman–Crippen LogP) is 3.16. The Labute approximate surface area is 138 Å². The van der Waals surface area contributed by atoms with Crippen molar-refractivity contribution in [3.05, 3.63) is 53.6 Å². The van der Waals surface area contributed by atoms with Crippen molar-refractivity contribution < 1.29 is 14.3 Å². The van der Waals surface area contributed by atoms with Crippen molar-refractivity contribution in [3.63, 3.8) is 0 Å². The molecule has 0 atom stereocenters. The molecule has 1 amide bonds. The van der Waals surface area contributed by atoms with Crippen molar-refractivity contribution in [2.24, 2.45) is 0 Å². The molecule has 1 aliphatic rings. The zero-order valence-corrected chi connectivity index (χ0v) is 13.1. The number of carbonyl (C=O) groups excluding carboxylic acids is 1. The van der Waals surface area contributed by atoms with Gasteiger partial charge in [0.15, 0.2) is 11.5 Å². The Hall–Kier alpha value is -2.65. The summed E-state index contributed by atoms with van der Waals surface area (Å²) in [5, 5.41) is 11.7. The second-order valence-corrected chi connectivity index (χ2v) is 5.91. The molecule has 2 aromatic carbocycles. The minimum Gasteiger partial charge on any atom is -0.454 e. The summed E-state index contributed by atoms with van der Waals surface area (Å²) < 4.78 is 10.5. The molecule has 23 heavy (non-hydrogen) atoms. The van der Waals surface area contributed by atoms with Crippen LogP contribution in [0.25, 0.3) is 0 Å². The van der Waals surface area contributed by atoms with E-state index in [2.05, 4.69) is 11.4 Å². The maximum Gasteiger partial charge on any atom is 0.234 e. The second kappa shape index (κ2) is 7.07. The lowest BCUT2D eigenvalue weighted by molar-refractivity contribution is -0.113. The fourth-order valence-electron chi connectivity index (χ4n) is 2.16. The summed E-state index contributed by atoms with van der Waals surface area (Å²) in [5.74, 6) is 2.28. The normalized spacial score (nSPS) is 11.8. The van der Waals surface area contributed by atoms with Crippen LogP contribution < -0.4 is 14.8 Å². The van der Waals surface area contributed by atoms with Crippen molar-refractivity contribution in [2.75, 3.05) is 17.9 Å². The number of carbonyl (C=O) groups is 1. The van der Waals surface area contributed by atoms with Crippen molar-refractivity contribution in [2.45, 2.75) is 5.75 Å². The molecule has 3 rings (SSSR count). The predicted molar refractivity (Wildman–Crippen MR) is 88.5 cm³/mol. The van der Waals surface area contributed by atoms with Gasteiger partial charge in [-0.1, -0.05) is 12.1 Å². The summed E-state index contributed by atoms with van der Waals surface area (Å²) >= 11 is 1.50. The third-order valence-corrected chi connectivity index (χ3v) is 4.22. The number of nitrogens with zero attached hydrogens (tertiary/aromatic N) is 1. The Morgan fingerprint density at radius 3 is 2.96 bits per heavy atom. The van der Waals surface area contributed by atoms with Gasteiger partial charge in [0.05, 0.1) is 17.4 Å². The van der Waals surface area contributed by atoms with E-state index in [0.717, 1.165) is 5.56 Å². The van der Waals surface area contributed by atoms with E-state index >= 15 is 0 Å². The number of rotatable bonds is 5. The van der Waals surface area contributed by atoms with Gasteiger partial charge in [-0.2, -0.15) is 5.26 Å². The quantitative estimate of drug-likeness (QED) is 0.914. The first-order valence-corrected chi connectivity index (χ1v) is 8.16. The molecule has 6 heteroatoms. The van der Waals surface area contributed by atoms with Crippen LogP contribution >= 0.6 is 11.8 Å². The second-order valence-electron chi connectivity index (χ2n) is 4.92. The minimum absolute atomic E-state index is 0.0784. The van der Waals surface area contributed by atoms with Crippen molar-refractivity contribution in [3.8, 4) is 17.6 Å². The van der Waals surface area contributed by atoms with Gasteiger partial charge in [0.2, 0.25) is 12.7 Å². The Kier molecular flexibility index (Phi) is 4.69. The van der Waals surface area contributed by atoms with Crippen LogP contribution in [0.5, 0.6) is 11.5 Å². The molecule has 1 N–H and O–H groups in total. The molecule has 0 spiro atoms. The van der Waals surface area contributed by atoms with E-state index in [4.69, 9.17) is 14.7 Å². The third kappa shape index (κ3) is 3.96. The number of benzene rings is 2. The van der Waals surface area contributed by atoms with E-state index in [-0.39, 0.29) is 12.7 Å². The summed E-state index contributed by atoms with van der Waals surface area (Å²) in [4.78, 5) is 12.0. The number of hydrogen-bond donors (Lipinski definition) is 1. The number of fused-ring (bicyclic) bond motifs is 1. The fraction of sp³-hybridized carbons (Fsp3) is 0.176. The average molecular weight is 326 g/mol. The topological polar surface area (TPSA) is 71.4 Å². The van der Waals surface area contributed by atoms with E-state index in [1.807, 2.05) is 18.2 Å². The summed E-state index contributed by atoms with van der Waals surface area (Å²) in [5.41, 5.74) is 2.35. The molecular formula is C17H14N2O3S. The number of hydrogen-bond acceptors (Lipinski definition) is 5. The van der Waals surface area contributed by atoms with Gasteiger partial charge in [0.25, 0.3) is 0 Å². The number of nitrogens with one attached hydrogen (secondary N) is 1. The molecule has 0 aliphatic carbocycles. The van der Waals surface area contributed by atoms with Gasteiger partial charge < -0.3 is 14.8 Å². The highest BCUT2D eigenvalue weighted by Crippen LogP contribution is 2.34. The molecule has 2 aromatic rings. The van der Waals surface area contributed by atoms with Crippen LogP contribution in [0.4, 0.5) is 5.69 Å². The summed E-state index contributed by atoms with van der Waals surface area (Å²) in [7, 11) is 0. The van der Waals surface area contributed by atoms with Crippen LogP contribution in [-0.4, -0.2) is 18.5 Å². The Balaban J connectivity index is 1.49. The lowest BCUT2D eigenvalue weighted by atomic mass is 10.2. The number of ether oxygens (including phenoxy) is 2. The van der Waals surface area contributed by atoms with Crippen LogP contribution in [-0.2, 0) is 10.5 Å². The zero-order chi connectivity index (χ0) is 16.1. The van der Waals surface area contributed by atoms with Crippen LogP contribution in [0.3, 0.4) is 0 Å². The Morgan fingerprint density at radius 2 is 2.09 bits per heavy atom. The SMILES string of the molecule is N#Cc1cccc(CSCC(=O)Nc2ccc3c(c2)OCO3)c1. The number of thioether (sulfide) groups is 1. The number of nitriles is 1. The van der Waals surface area contributed by atoms with E-state index in [1.54, 1.807) is 24.3 Å². The smallest absolute Gasteiger partial charge is 0.234 e. The zero-order valence-electron chi connectivity index (χ0n) is 12.2. The van der Waals surface area contributed by atoms with Crippen molar-refractivity contribution in [1.29, 1.82) is 5.26 Å². The highest BCUT2D eigenvalue weighted by Gasteiger charge is 2.14. The molecular weight excluding hydrogens is 312 g/mol. The maximum atomic E-state index is 12.0. The van der Waals surface area contributed by atoms with Crippen LogP contribution in [0, 0.1) is 11.3 Å². The molecule has 0 bridgehead atoms. The summed E-state index contributed by atoms with van der Waals surface area (Å²) in [6.45, 7) is 0.213. The molecule has 116 valence electrons. The standard InChI is InChI=1S/C17H14N2O3S/c18-8-12-2-1-3-13(6-12)9-23-10-17(20)19-14-4-5-15-16(7-14)22-11-21-15/h1-7H,9-11H2,(H,19,20). The first-order chi connectivity index (χ1) is 11.2. The van der Waals surface area contributed by atoms with Gasteiger partial charge in [-0.15, -0.1) is 11.8 Å². The Morgan fingerprint density at radius 1 is 1.22 bits per heavy atom. The molecule has 1 aliphatic heterocycles. The molecule has 1 heterocycles. The highest BCUT2D eigenvalue weighted by atomic mass is 32.2. The van der Waals surface area contributed by atoms with E-state index in [9.17, 15) is 4.79 Å². The third-order valence-electron chi connectivity index (χ3n) is 3.21. The number of anilines is 1. The van der Waals surface area contributed by atoms with Gasteiger partial charge in [-0.25, -0.2) is 0 Å². The van der Waals surface area contributed by atoms with E-state index in [1.165, 1.54) is 11.8 Å². The minimum atomic E-state index is -0.0784. The molecule has 0 saturated carbocycles.